The SMILES string of the molecule is N#Cc1n[nH]c(-c2cnc3c(c2)nc(CN2CCc4cc(C(F)(F)F)c(OCc5ccc(Cl)cc5F)nc4C2)n3C[C@@H]2CCO2)n1. The van der Waals surface area contributed by atoms with Gasteiger partial charge in [0.1, 0.15) is 35.4 Å². The molecule has 1 saturated heterocycles. The second-order valence-corrected chi connectivity index (χ2v) is 11.5. The molecule has 0 amide bonds. The van der Waals surface area contributed by atoms with E-state index >= 15 is 0 Å². The number of nitrogens with one attached hydrogen (secondary N) is 1. The van der Waals surface area contributed by atoms with Crippen LogP contribution in [0.1, 0.15) is 40.5 Å². The summed E-state index contributed by atoms with van der Waals surface area (Å²) in [5.74, 6) is -0.195. The van der Waals surface area contributed by atoms with Crippen LogP contribution in [-0.2, 0) is 43.6 Å². The number of aromatic nitrogens is 7. The Labute approximate surface area is 263 Å². The van der Waals surface area contributed by atoms with Gasteiger partial charge in [0, 0.05) is 42.0 Å². The number of fused-ring (bicyclic) bond motifs is 2. The Morgan fingerprint density at radius 1 is 1.17 bits per heavy atom. The van der Waals surface area contributed by atoms with E-state index in [0.717, 1.165) is 18.6 Å². The Morgan fingerprint density at radius 3 is 2.74 bits per heavy atom. The smallest absolute Gasteiger partial charge is 0.421 e. The van der Waals surface area contributed by atoms with Gasteiger partial charge >= 0.3 is 6.18 Å². The topological polar surface area (TPSA) is 131 Å². The normalized spacial score (nSPS) is 16.7. The largest absolute Gasteiger partial charge is 0.472 e. The van der Waals surface area contributed by atoms with E-state index in [2.05, 4.69) is 25.1 Å². The number of halogens is 5. The molecule has 0 saturated carbocycles. The van der Waals surface area contributed by atoms with Crippen molar-refractivity contribution in [2.24, 2.45) is 0 Å². The predicted molar refractivity (Wildman–Crippen MR) is 155 cm³/mol. The Bertz CT molecular complexity index is 1980. The molecule has 2 aliphatic rings. The van der Waals surface area contributed by atoms with E-state index in [0.29, 0.717) is 72.3 Å². The molecule has 1 aromatic carbocycles. The van der Waals surface area contributed by atoms with E-state index in [1.807, 2.05) is 21.6 Å². The van der Waals surface area contributed by atoms with Gasteiger partial charge in [-0.05, 0) is 42.7 Å². The number of aromatic amines is 1. The highest BCUT2D eigenvalue weighted by atomic mass is 35.5. The number of H-pyrrole nitrogens is 1. The Hall–Kier alpha value is -4.65. The van der Waals surface area contributed by atoms with E-state index in [9.17, 15) is 17.6 Å². The molecule has 0 spiro atoms. The predicted octanol–water partition coefficient (Wildman–Crippen LogP) is 5.22. The van der Waals surface area contributed by atoms with Crippen LogP contribution in [0.15, 0.2) is 36.5 Å². The van der Waals surface area contributed by atoms with Crippen LogP contribution in [0.3, 0.4) is 0 Å². The van der Waals surface area contributed by atoms with E-state index in [4.69, 9.17) is 31.3 Å². The molecule has 46 heavy (non-hydrogen) atoms. The number of nitrogens with zero attached hydrogens (tertiary/aromatic N) is 8. The fourth-order valence-corrected chi connectivity index (χ4v) is 5.66. The second kappa shape index (κ2) is 11.9. The first-order chi connectivity index (χ1) is 22.1. The van der Waals surface area contributed by atoms with Crippen LogP contribution in [0.2, 0.25) is 5.02 Å². The third kappa shape index (κ3) is 5.98. The summed E-state index contributed by atoms with van der Waals surface area (Å²) in [6.45, 7) is 1.86. The van der Waals surface area contributed by atoms with Gasteiger partial charge in [-0.25, -0.2) is 19.3 Å². The molecule has 16 heteroatoms. The zero-order valence-electron chi connectivity index (χ0n) is 24.0. The molecule has 1 N–H and O–H groups in total. The van der Waals surface area contributed by atoms with Crippen molar-refractivity contribution in [3.63, 3.8) is 0 Å². The van der Waals surface area contributed by atoms with Gasteiger partial charge in [-0.3, -0.25) is 10.00 Å². The van der Waals surface area contributed by atoms with Crippen LogP contribution in [-0.4, -0.2) is 58.9 Å². The van der Waals surface area contributed by atoms with Crippen LogP contribution >= 0.6 is 11.6 Å². The lowest BCUT2D eigenvalue weighted by Gasteiger charge is -2.30. The molecule has 4 aromatic heterocycles. The minimum Gasteiger partial charge on any atom is -0.472 e. The number of alkyl halides is 3. The zero-order valence-corrected chi connectivity index (χ0v) is 24.7. The lowest BCUT2D eigenvalue weighted by molar-refractivity contribution is -0.139. The molecule has 0 radical (unpaired) electrons. The minimum absolute atomic E-state index is 0.00971. The number of rotatable bonds is 8. The first kappa shape index (κ1) is 30.0. The fourth-order valence-electron chi connectivity index (χ4n) is 5.50. The van der Waals surface area contributed by atoms with Crippen molar-refractivity contribution in [2.45, 2.75) is 51.4 Å². The summed E-state index contributed by atoms with van der Waals surface area (Å²) < 4.78 is 69.5. The zero-order chi connectivity index (χ0) is 32.0. The standard InChI is InChI=1S/C30H24ClF4N9O2/c31-19-2-1-17(22(32)9-19)15-46-29-21(30(33,34)35)7-16-3-5-43(13-24(16)39-29)14-26-38-23-8-18(27-40-25(10-36)41-42-27)11-37-28(23)44(26)12-20-4-6-45-20/h1-2,7-9,11,20H,3-6,12-15H2,(H,40,41,42)/t20-/m0/s1. The number of hydrogen-bond donors (Lipinski definition) is 1. The van der Waals surface area contributed by atoms with Crippen molar-refractivity contribution in [1.29, 1.82) is 5.26 Å². The molecule has 236 valence electrons. The first-order valence-electron chi connectivity index (χ1n) is 14.3. The molecule has 1 atom stereocenters. The summed E-state index contributed by atoms with van der Waals surface area (Å²) in [5.41, 5.74) is 1.82. The molecule has 0 bridgehead atoms. The number of ether oxygens (including phenoxy) is 2. The van der Waals surface area contributed by atoms with Gasteiger partial charge in [-0.1, -0.05) is 17.7 Å². The first-order valence-corrected chi connectivity index (χ1v) is 14.7. The van der Waals surface area contributed by atoms with Gasteiger partial charge in [0.2, 0.25) is 5.88 Å². The van der Waals surface area contributed by atoms with E-state index < -0.39 is 30.0 Å². The summed E-state index contributed by atoms with van der Waals surface area (Å²) in [5, 5.41) is 15.8. The van der Waals surface area contributed by atoms with E-state index in [-0.39, 0.29) is 29.1 Å². The second-order valence-electron chi connectivity index (χ2n) is 11.0. The number of hydrogen-bond acceptors (Lipinski definition) is 9. The number of pyridine rings is 2. The maximum atomic E-state index is 14.3. The third-order valence-electron chi connectivity index (χ3n) is 7.98. The lowest BCUT2D eigenvalue weighted by Crippen LogP contribution is -2.34. The van der Waals surface area contributed by atoms with Crippen LogP contribution in [0, 0.1) is 17.1 Å². The van der Waals surface area contributed by atoms with Gasteiger partial charge in [-0.2, -0.15) is 23.4 Å². The van der Waals surface area contributed by atoms with Crippen LogP contribution < -0.4 is 4.74 Å². The Kier molecular flexibility index (Phi) is 7.79. The highest BCUT2D eigenvalue weighted by Gasteiger charge is 2.37. The van der Waals surface area contributed by atoms with Crippen molar-refractivity contribution in [2.75, 3.05) is 13.2 Å². The van der Waals surface area contributed by atoms with Crippen molar-refractivity contribution in [3.05, 3.63) is 81.4 Å². The maximum absolute atomic E-state index is 14.3. The summed E-state index contributed by atoms with van der Waals surface area (Å²) in [7, 11) is 0. The van der Waals surface area contributed by atoms with Crippen molar-refractivity contribution in [3.8, 4) is 23.3 Å². The highest BCUT2D eigenvalue weighted by Crippen LogP contribution is 2.38. The van der Waals surface area contributed by atoms with Crippen LogP contribution in [0.4, 0.5) is 17.6 Å². The summed E-state index contributed by atoms with van der Waals surface area (Å²) in [6.07, 6.45) is -1.84. The monoisotopic (exact) mass is 653 g/mol. The van der Waals surface area contributed by atoms with E-state index in [1.165, 1.54) is 12.1 Å². The molecule has 11 nitrogen and oxygen atoms in total. The van der Waals surface area contributed by atoms with E-state index in [1.54, 1.807) is 6.20 Å². The summed E-state index contributed by atoms with van der Waals surface area (Å²) in [6, 6.07) is 8.64. The van der Waals surface area contributed by atoms with Gasteiger partial charge in [0.25, 0.3) is 5.82 Å². The van der Waals surface area contributed by atoms with Crippen LogP contribution in [0.5, 0.6) is 5.88 Å². The van der Waals surface area contributed by atoms with Gasteiger partial charge in [0.15, 0.2) is 11.5 Å². The third-order valence-corrected chi connectivity index (χ3v) is 8.21. The summed E-state index contributed by atoms with van der Waals surface area (Å²) >= 11 is 5.80. The number of imidazole rings is 1. The molecule has 0 aliphatic carbocycles. The quantitative estimate of drug-likeness (QED) is 0.224. The molecule has 6 heterocycles. The van der Waals surface area contributed by atoms with Gasteiger partial charge in [0.05, 0.1) is 24.9 Å². The van der Waals surface area contributed by atoms with Crippen molar-refractivity contribution < 1.29 is 27.0 Å². The molecule has 1 fully saturated rings. The minimum atomic E-state index is -4.71. The molecular weight excluding hydrogens is 630 g/mol. The molecule has 0 unspecified atom stereocenters. The molecule has 5 aromatic rings. The maximum Gasteiger partial charge on any atom is 0.421 e. The Balaban J connectivity index is 1.16. The lowest BCUT2D eigenvalue weighted by atomic mass is 10.0. The van der Waals surface area contributed by atoms with Gasteiger partial charge in [-0.15, -0.1) is 5.10 Å². The average molecular weight is 654 g/mol. The molecule has 2 aliphatic heterocycles. The summed E-state index contributed by atoms with van der Waals surface area (Å²) in [4.78, 5) is 20.0. The van der Waals surface area contributed by atoms with Crippen molar-refractivity contribution in [1.82, 2.24) is 39.6 Å². The molecule has 7 rings (SSSR count). The highest BCUT2D eigenvalue weighted by molar-refractivity contribution is 6.30. The van der Waals surface area contributed by atoms with Crippen molar-refractivity contribution >= 4 is 22.8 Å². The Morgan fingerprint density at radius 2 is 2.02 bits per heavy atom. The average Bonchev–Trinajstić information content (AvgIpc) is 3.62. The molecular formula is C30H24ClF4N9O2. The number of nitriles is 1. The van der Waals surface area contributed by atoms with Gasteiger partial charge < -0.3 is 14.0 Å². The van der Waals surface area contributed by atoms with Crippen LogP contribution in [0.25, 0.3) is 22.6 Å². The fraction of sp³-hybridized carbons (Fsp3) is 0.333. The number of benzene rings is 1.